The van der Waals surface area contributed by atoms with Crippen molar-refractivity contribution < 1.29 is 17.9 Å². The topological polar surface area (TPSA) is 87.7 Å². The summed E-state index contributed by atoms with van der Waals surface area (Å²) in [6.45, 7) is 5.90. The first-order valence-corrected chi connectivity index (χ1v) is 10.6. The molecule has 2 rings (SSSR count). The monoisotopic (exact) mass is 383 g/mol. The van der Waals surface area contributed by atoms with Crippen LogP contribution in [0.25, 0.3) is 0 Å². The molecule has 1 atom stereocenters. The second-order valence-corrected chi connectivity index (χ2v) is 8.68. The van der Waals surface area contributed by atoms with E-state index >= 15 is 0 Å². The minimum atomic E-state index is -3.75. The molecule has 0 saturated carbocycles. The van der Waals surface area contributed by atoms with Gasteiger partial charge in [0.1, 0.15) is 11.5 Å². The summed E-state index contributed by atoms with van der Waals surface area (Å²) in [5, 5.41) is 3.12. The first kappa shape index (κ1) is 20.5. The van der Waals surface area contributed by atoms with Crippen LogP contribution in [0.15, 0.2) is 24.3 Å². The van der Waals surface area contributed by atoms with Gasteiger partial charge in [-0.25, -0.2) is 8.42 Å². The number of amides is 1. The third kappa shape index (κ3) is 6.49. The zero-order valence-electron chi connectivity index (χ0n) is 15.7. The molecule has 0 aromatic heterocycles. The van der Waals surface area contributed by atoms with E-state index < -0.39 is 15.8 Å². The Bertz CT molecular complexity index is 687. The van der Waals surface area contributed by atoms with Crippen LogP contribution in [0.5, 0.6) is 5.75 Å². The highest BCUT2D eigenvalue weighted by atomic mass is 32.2. The van der Waals surface area contributed by atoms with Crippen molar-refractivity contribution in [3.63, 3.8) is 0 Å². The Balaban J connectivity index is 1.92. The maximum absolute atomic E-state index is 12.4. The number of carbonyl (C=O) groups is 1. The Morgan fingerprint density at radius 2 is 2.00 bits per heavy atom. The first-order chi connectivity index (χ1) is 12.3. The van der Waals surface area contributed by atoms with Gasteiger partial charge >= 0.3 is 0 Å². The molecular formula is C18H29N3O4S. The largest absolute Gasteiger partial charge is 0.491 e. The molecule has 26 heavy (non-hydrogen) atoms. The highest BCUT2D eigenvalue weighted by Crippen LogP contribution is 2.19. The van der Waals surface area contributed by atoms with Crippen molar-refractivity contribution in [1.29, 1.82) is 0 Å². The van der Waals surface area contributed by atoms with Gasteiger partial charge in [0, 0.05) is 18.8 Å². The zero-order valence-corrected chi connectivity index (χ0v) is 16.5. The average Bonchev–Trinajstić information content (AvgIpc) is 2.56. The second kappa shape index (κ2) is 9.23. The van der Waals surface area contributed by atoms with Gasteiger partial charge < -0.3 is 15.0 Å². The van der Waals surface area contributed by atoms with Gasteiger partial charge in [0.15, 0.2) is 0 Å². The summed E-state index contributed by atoms with van der Waals surface area (Å²) in [6.07, 6.45) is 2.01. The van der Waals surface area contributed by atoms with E-state index in [0.29, 0.717) is 30.4 Å². The van der Waals surface area contributed by atoms with E-state index in [4.69, 9.17) is 4.74 Å². The minimum Gasteiger partial charge on any atom is -0.491 e. The molecular weight excluding hydrogens is 354 g/mol. The molecule has 1 saturated heterocycles. The van der Waals surface area contributed by atoms with Crippen LogP contribution in [0, 0.1) is 5.92 Å². The van der Waals surface area contributed by atoms with E-state index in [2.05, 4.69) is 10.0 Å². The second-order valence-electron chi connectivity index (χ2n) is 6.96. The molecule has 146 valence electrons. The fourth-order valence-corrected chi connectivity index (χ4v) is 4.17. The number of likely N-dealkylation sites (tertiary alicyclic amines) is 1. The summed E-state index contributed by atoms with van der Waals surface area (Å²) in [6, 6.07) is 6.66. The molecule has 1 aromatic carbocycles. The number of nitrogens with zero attached hydrogens (tertiary/aromatic N) is 1. The fourth-order valence-electron chi connectivity index (χ4n) is 3.09. The van der Waals surface area contributed by atoms with Gasteiger partial charge in [-0.15, -0.1) is 0 Å². The maximum atomic E-state index is 12.4. The van der Waals surface area contributed by atoms with Crippen LogP contribution in [0.2, 0.25) is 0 Å². The smallest absolute Gasteiger partial charge is 0.241 e. The first-order valence-electron chi connectivity index (χ1n) is 8.98. The number of nitrogens with one attached hydrogen (secondary N) is 2. The average molecular weight is 384 g/mol. The minimum absolute atomic E-state index is 0.0476. The third-order valence-electron chi connectivity index (χ3n) is 4.18. The van der Waals surface area contributed by atoms with Crippen LogP contribution < -0.4 is 14.8 Å². The lowest BCUT2D eigenvalue weighted by Gasteiger charge is -2.32. The Hall–Kier alpha value is -1.80. The predicted octanol–water partition coefficient (Wildman–Crippen LogP) is 1.67. The molecule has 0 radical (unpaired) electrons. The number of rotatable bonds is 8. The number of sulfonamides is 1. The number of benzene rings is 1. The van der Waals surface area contributed by atoms with Gasteiger partial charge in [0.2, 0.25) is 15.9 Å². The molecule has 0 spiro atoms. The Morgan fingerprint density at radius 1 is 1.31 bits per heavy atom. The van der Waals surface area contributed by atoms with Crippen molar-refractivity contribution in [3.05, 3.63) is 24.3 Å². The number of piperidine rings is 1. The van der Waals surface area contributed by atoms with Crippen LogP contribution >= 0.6 is 0 Å². The lowest BCUT2D eigenvalue weighted by Crippen LogP contribution is -2.45. The number of ether oxygens (including phenoxy) is 1. The van der Waals surface area contributed by atoms with Gasteiger partial charge in [-0.05, 0) is 70.5 Å². The molecule has 7 nitrogen and oxygen atoms in total. The standard InChI is InChI=1S/C18H29N3O4S/c1-14(2)25-17-8-6-16(7-9-17)20-26(23,24)13-18(22)21-10-4-5-15(12-21)11-19-3/h6-9,14-15,19-20H,4-5,10-13H2,1-3H3. The molecule has 1 aromatic rings. The molecule has 1 aliphatic heterocycles. The summed E-state index contributed by atoms with van der Waals surface area (Å²) in [4.78, 5) is 14.1. The Kier molecular flexibility index (Phi) is 7.28. The van der Waals surface area contributed by atoms with Crippen LogP contribution in [-0.2, 0) is 14.8 Å². The lowest BCUT2D eigenvalue weighted by molar-refractivity contribution is -0.130. The van der Waals surface area contributed by atoms with Gasteiger partial charge in [-0.3, -0.25) is 9.52 Å². The fraction of sp³-hybridized carbons (Fsp3) is 0.611. The molecule has 1 unspecified atom stereocenters. The Labute approximate surface area is 156 Å². The normalized spacial score (nSPS) is 18.0. The number of hydrogen-bond acceptors (Lipinski definition) is 5. The molecule has 0 bridgehead atoms. The van der Waals surface area contributed by atoms with Gasteiger partial charge in [0.25, 0.3) is 0 Å². The van der Waals surface area contributed by atoms with Crippen LogP contribution in [0.1, 0.15) is 26.7 Å². The van der Waals surface area contributed by atoms with Gasteiger partial charge in [-0.1, -0.05) is 0 Å². The Morgan fingerprint density at radius 3 is 2.62 bits per heavy atom. The van der Waals surface area contributed by atoms with Gasteiger partial charge in [-0.2, -0.15) is 0 Å². The molecule has 1 heterocycles. The summed E-state index contributed by atoms with van der Waals surface area (Å²) >= 11 is 0. The van der Waals surface area contributed by atoms with E-state index in [1.165, 1.54) is 0 Å². The number of anilines is 1. The van der Waals surface area contributed by atoms with E-state index in [1.54, 1.807) is 29.2 Å². The number of carbonyl (C=O) groups excluding carboxylic acids is 1. The maximum Gasteiger partial charge on any atom is 0.241 e. The van der Waals surface area contributed by atoms with Gasteiger partial charge in [0.05, 0.1) is 6.10 Å². The third-order valence-corrected chi connectivity index (χ3v) is 5.35. The molecule has 8 heteroatoms. The van der Waals surface area contributed by atoms with Crippen molar-refractivity contribution in [3.8, 4) is 5.75 Å². The summed E-state index contributed by atoms with van der Waals surface area (Å²) < 4.78 is 32.6. The van der Waals surface area contributed by atoms with E-state index in [9.17, 15) is 13.2 Å². The molecule has 1 fully saturated rings. The van der Waals surface area contributed by atoms with Crippen molar-refractivity contribution in [2.75, 3.05) is 37.2 Å². The van der Waals surface area contributed by atoms with Crippen molar-refractivity contribution in [1.82, 2.24) is 10.2 Å². The predicted molar refractivity (Wildman–Crippen MR) is 103 cm³/mol. The summed E-state index contributed by atoms with van der Waals surface area (Å²) in [5.41, 5.74) is 0.417. The molecule has 1 aliphatic rings. The van der Waals surface area contributed by atoms with Crippen LogP contribution in [-0.4, -0.2) is 57.8 Å². The highest BCUT2D eigenvalue weighted by Gasteiger charge is 2.26. The summed E-state index contributed by atoms with van der Waals surface area (Å²) in [5.74, 6) is 0.159. The molecule has 1 amide bonds. The highest BCUT2D eigenvalue weighted by molar-refractivity contribution is 7.93. The lowest BCUT2D eigenvalue weighted by atomic mass is 9.98. The zero-order chi connectivity index (χ0) is 19.2. The van der Waals surface area contributed by atoms with E-state index in [-0.39, 0.29) is 12.0 Å². The van der Waals surface area contributed by atoms with Crippen LogP contribution in [0.3, 0.4) is 0 Å². The van der Waals surface area contributed by atoms with E-state index in [0.717, 1.165) is 19.4 Å². The van der Waals surface area contributed by atoms with E-state index in [1.807, 2.05) is 20.9 Å². The molecule has 0 aliphatic carbocycles. The van der Waals surface area contributed by atoms with Crippen LogP contribution in [0.4, 0.5) is 5.69 Å². The molecule has 2 N–H and O–H groups in total. The number of hydrogen-bond donors (Lipinski definition) is 2. The quantitative estimate of drug-likeness (QED) is 0.713. The SMILES string of the molecule is CNCC1CCCN(C(=O)CS(=O)(=O)Nc2ccc(OC(C)C)cc2)C1. The van der Waals surface area contributed by atoms with Crippen molar-refractivity contribution in [2.24, 2.45) is 5.92 Å². The van der Waals surface area contributed by atoms with Crippen molar-refractivity contribution in [2.45, 2.75) is 32.8 Å². The summed E-state index contributed by atoms with van der Waals surface area (Å²) in [7, 11) is -1.86. The van der Waals surface area contributed by atoms with Crippen molar-refractivity contribution >= 4 is 21.6 Å².